The first-order valence-corrected chi connectivity index (χ1v) is 7.44. The van der Waals surface area contributed by atoms with E-state index in [1.807, 2.05) is 6.92 Å². The topological polar surface area (TPSA) is 21.7 Å². The van der Waals surface area contributed by atoms with Crippen LogP contribution in [-0.2, 0) is 37.4 Å². The minimum atomic E-state index is -0.738. The zero-order valence-corrected chi connectivity index (χ0v) is 17.1. The van der Waals surface area contributed by atoms with Crippen LogP contribution in [0.3, 0.4) is 0 Å². The standard InChI is InChI=1S/C17H17ClF2NO2.Y/c1-4-21-11(2)13(18)5-6-16(21)17-14(19)9-12(10-15(17)20)23-8-7-22-3;/h5,9-10H,2,4,7-8H2,1,3H3;/q-1;. The van der Waals surface area contributed by atoms with Gasteiger partial charge in [0.05, 0.1) is 18.2 Å². The summed E-state index contributed by atoms with van der Waals surface area (Å²) in [6.07, 6.45) is 4.27. The molecule has 0 amide bonds. The van der Waals surface area contributed by atoms with E-state index in [9.17, 15) is 8.78 Å². The number of halogens is 3. The molecule has 1 aliphatic rings. The van der Waals surface area contributed by atoms with Crippen LogP contribution < -0.4 is 4.74 Å². The first kappa shape index (κ1) is 21.3. The van der Waals surface area contributed by atoms with E-state index in [1.165, 1.54) is 13.2 Å². The Kier molecular flexibility index (Phi) is 8.57. The molecule has 0 fully saturated rings. The molecule has 24 heavy (non-hydrogen) atoms. The molecule has 1 aliphatic heterocycles. The molecule has 1 aromatic rings. The molecule has 2 rings (SSSR count). The number of methoxy groups -OCH3 is 1. The quantitative estimate of drug-likeness (QED) is 0.502. The van der Waals surface area contributed by atoms with Crippen LogP contribution in [0.15, 0.2) is 35.5 Å². The molecule has 0 spiro atoms. The molecule has 1 radical (unpaired) electrons. The number of allylic oxidation sites excluding steroid dienone is 3. The van der Waals surface area contributed by atoms with Gasteiger partial charge in [0.15, 0.2) is 0 Å². The minimum absolute atomic E-state index is 0. The monoisotopic (exact) mass is 429 g/mol. The van der Waals surface area contributed by atoms with Gasteiger partial charge in [0.2, 0.25) is 0 Å². The van der Waals surface area contributed by atoms with E-state index in [2.05, 4.69) is 12.7 Å². The molecule has 0 saturated carbocycles. The summed E-state index contributed by atoms with van der Waals surface area (Å²) in [5, 5.41) is 0.385. The van der Waals surface area contributed by atoms with Crippen molar-refractivity contribution in [2.75, 3.05) is 26.9 Å². The van der Waals surface area contributed by atoms with Crippen molar-refractivity contribution in [3.63, 3.8) is 0 Å². The minimum Gasteiger partial charge on any atom is -0.491 e. The second kappa shape index (κ2) is 9.66. The van der Waals surface area contributed by atoms with Crippen LogP contribution >= 0.6 is 11.6 Å². The summed E-state index contributed by atoms with van der Waals surface area (Å²) >= 11 is 5.99. The Morgan fingerprint density at radius 1 is 1.25 bits per heavy atom. The molecular formula is C17H17ClF2NO2Y-. The number of benzene rings is 1. The zero-order valence-electron chi connectivity index (χ0n) is 13.5. The summed E-state index contributed by atoms with van der Waals surface area (Å²) in [6.45, 7) is 6.66. The van der Waals surface area contributed by atoms with Gasteiger partial charge in [-0.2, -0.15) is 23.8 Å². The van der Waals surface area contributed by atoms with Crippen LogP contribution in [0, 0.1) is 17.7 Å². The van der Waals surface area contributed by atoms with Gasteiger partial charge < -0.3 is 14.4 Å². The first-order valence-electron chi connectivity index (χ1n) is 7.06. The van der Waals surface area contributed by atoms with Gasteiger partial charge in [-0.15, -0.1) is 0 Å². The van der Waals surface area contributed by atoms with Gasteiger partial charge in [-0.3, -0.25) is 0 Å². The average molecular weight is 430 g/mol. The Morgan fingerprint density at radius 2 is 1.88 bits per heavy atom. The summed E-state index contributed by atoms with van der Waals surface area (Å²) in [4.78, 5) is 1.61. The molecule has 127 valence electrons. The number of hydrogen-bond acceptors (Lipinski definition) is 3. The Bertz CT molecular complexity index is 654. The van der Waals surface area contributed by atoms with Crippen molar-refractivity contribution in [2.24, 2.45) is 0 Å². The molecule has 1 heterocycles. The van der Waals surface area contributed by atoms with E-state index in [0.717, 1.165) is 12.1 Å². The second-order valence-electron chi connectivity index (χ2n) is 4.78. The number of nitrogens with zero attached hydrogens (tertiary/aromatic N) is 1. The maximum absolute atomic E-state index is 14.4. The van der Waals surface area contributed by atoms with Crippen molar-refractivity contribution in [1.82, 2.24) is 4.90 Å². The van der Waals surface area contributed by atoms with Gasteiger partial charge in [-0.25, -0.2) is 8.78 Å². The predicted molar refractivity (Wildman–Crippen MR) is 85.8 cm³/mol. The zero-order chi connectivity index (χ0) is 17.0. The van der Waals surface area contributed by atoms with Gasteiger partial charge in [0.25, 0.3) is 0 Å². The first-order chi connectivity index (χ1) is 11.0. The molecular weight excluding hydrogens is 413 g/mol. The maximum Gasteiger partial charge on any atom is 0.123 e. The van der Waals surface area contributed by atoms with Crippen LogP contribution in [0.1, 0.15) is 12.5 Å². The third-order valence-electron chi connectivity index (χ3n) is 3.33. The van der Waals surface area contributed by atoms with Crippen LogP contribution in [0.2, 0.25) is 0 Å². The molecule has 0 N–H and O–H groups in total. The fraction of sp³-hybridized carbons (Fsp3) is 0.294. The number of rotatable bonds is 6. The van der Waals surface area contributed by atoms with E-state index in [1.54, 1.807) is 4.90 Å². The fourth-order valence-electron chi connectivity index (χ4n) is 2.22. The van der Waals surface area contributed by atoms with Crippen molar-refractivity contribution in [3.8, 4) is 5.75 Å². The van der Waals surface area contributed by atoms with Crippen LogP contribution in [-0.4, -0.2) is 31.8 Å². The largest absolute Gasteiger partial charge is 0.491 e. The Balaban J connectivity index is 0.00000288. The van der Waals surface area contributed by atoms with E-state index < -0.39 is 11.6 Å². The van der Waals surface area contributed by atoms with Crippen molar-refractivity contribution >= 4 is 17.3 Å². The van der Waals surface area contributed by atoms with Crippen molar-refractivity contribution < 1.29 is 51.0 Å². The summed E-state index contributed by atoms with van der Waals surface area (Å²) in [5.41, 5.74) is 0.537. The predicted octanol–water partition coefficient (Wildman–Crippen LogP) is 4.10. The third-order valence-corrected chi connectivity index (χ3v) is 3.66. The van der Waals surface area contributed by atoms with Gasteiger partial charge in [0, 0.05) is 58.5 Å². The normalized spacial score (nSPS) is 14.0. The Hall–Kier alpha value is -0.746. The number of likely N-dealkylation sites (N-methyl/N-ethyl adjacent to an activating group) is 1. The van der Waals surface area contributed by atoms with Gasteiger partial charge >= 0.3 is 0 Å². The Labute approximate surface area is 170 Å². The van der Waals surface area contributed by atoms with Gasteiger partial charge in [-0.1, -0.05) is 12.3 Å². The molecule has 0 aromatic heterocycles. The number of ether oxygens (including phenoxy) is 2. The maximum atomic E-state index is 14.4. The van der Waals surface area contributed by atoms with Crippen LogP contribution in [0.5, 0.6) is 5.75 Å². The third kappa shape index (κ3) is 4.66. The SMILES string of the molecule is C=C1C(Cl)=C[C-]=C(c2c(F)cc(OCCOC)cc2F)N1CC.[Y]. The summed E-state index contributed by atoms with van der Waals surface area (Å²) < 4.78 is 38.9. The molecule has 1 aromatic carbocycles. The van der Waals surface area contributed by atoms with E-state index in [0.29, 0.717) is 23.9 Å². The number of hydrogen-bond donors (Lipinski definition) is 0. The van der Waals surface area contributed by atoms with E-state index in [4.69, 9.17) is 21.1 Å². The van der Waals surface area contributed by atoms with Crippen molar-refractivity contribution in [2.45, 2.75) is 6.92 Å². The molecule has 0 atom stereocenters. The fourth-order valence-corrected chi connectivity index (χ4v) is 2.37. The average Bonchev–Trinajstić information content (AvgIpc) is 2.50. The van der Waals surface area contributed by atoms with Crippen LogP contribution in [0.4, 0.5) is 8.78 Å². The molecule has 7 heteroatoms. The van der Waals surface area contributed by atoms with Gasteiger partial charge in [-0.05, 0) is 23.2 Å². The summed E-state index contributed by atoms with van der Waals surface area (Å²) in [6, 6.07) is 2.28. The van der Waals surface area contributed by atoms with Gasteiger partial charge in [0.1, 0.15) is 12.4 Å². The molecule has 0 aliphatic carbocycles. The molecule has 0 unspecified atom stereocenters. The molecule has 0 saturated heterocycles. The molecule has 3 nitrogen and oxygen atoms in total. The summed E-state index contributed by atoms with van der Waals surface area (Å²) in [7, 11) is 1.52. The second-order valence-corrected chi connectivity index (χ2v) is 5.19. The smallest absolute Gasteiger partial charge is 0.123 e. The molecule has 0 bridgehead atoms. The Morgan fingerprint density at radius 3 is 2.42 bits per heavy atom. The van der Waals surface area contributed by atoms with Crippen LogP contribution in [0.25, 0.3) is 5.70 Å². The van der Waals surface area contributed by atoms with Crippen molar-refractivity contribution in [1.29, 1.82) is 0 Å². The summed E-state index contributed by atoms with van der Waals surface area (Å²) in [5.74, 6) is -1.37. The van der Waals surface area contributed by atoms with E-state index >= 15 is 0 Å². The van der Waals surface area contributed by atoms with Crippen molar-refractivity contribution in [3.05, 3.63) is 58.8 Å². The van der Waals surface area contributed by atoms with E-state index in [-0.39, 0.29) is 56.3 Å².